The lowest BCUT2D eigenvalue weighted by atomic mass is 9.82. The van der Waals surface area contributed by atoms with E-state index in [1.165, 1.54) is 67.5 Å². The Labute approximate surface area is 227 Å². The first-order valence-corrected chi connectivity index (χ1v) is 14.5. The van der Waals surface area contributed by atoms with Crippen LogP contribution in [0.4, 0.5) is 16.2 Å². The predicted octanol–water partition coefficient (Wildman–Crippen LogP) is 7.24. The predicted molar refractivity (Wildman–Crippen MR) is 155 cm³/mol. The number of anilines is 2. The Kier molecular flexibility index (Phi) is 6.81. The number of phenols is 1. The van der Waals surface area contributed by atoms with Crippen molar-refractivity contribution in [3.05, 3.63) is 70.3 Å². The highest BCUT2D eigenvalue weighted by Gasteiger charge is 2.33. The number of fused-ring (bicyclic) bond motifs is 1. The number of urea groups is 1. The number of para-hydroxylation sites is 1. The molecule has 1 atom stereocenters. The van der Waals surface area contributed by atoms with Crippen LogP contribution in [0, 0.1) is 18.8 Å². The van der Waals surface area contributed by atoms with Gasteiger partial charge in [0.2, 0.25) is 0 Å². The van der Waals surface area contributed by atoms with Crippen molar-refractivity contribution < 1.29 is 9.90 Å². The van der Waals surface area contributed by atoms with Crippen LogP contribution in [0.25, 0.3) is 5.57 Å². The lowest BCUT2D eigenvalue weighted by molar-refractivity contribution is 0.0847. The molecule has 2 fully saturated rings. The molecule has 1 saturated carbocycles. The van der Waals surface area contributed by atoms with Gasteiger partial charge in [0, 0.05) is 18.2 Å². The molecule has 2 heterocycles. The number of likely N-dealkylation sites (tertiary alicyclic amines) is 1. The summed E-state index contributed by atoms with van der Waals surface area (Å²) in [6.45, 7) is 9.35. The standard InChI is InChI=1S/C33H41N3O2/c1-21-10-11-27(23(3)16-21)28-18-25(17-24-12-14-35(15-13-24)26-7-5-8-26)19-30-29(28)20-34-33(38)36(30)32-22(2)6-4-9-31(32)37/h4,6,9,11,16,18-19,21,24,26,37H,5,7-8,10,12-15,17,20H2,1-3H3,(H,34,38). The van der Waals surface area contributed by atoms with Gasteiger partial charge in [-0.05, 0) is 117 Å². The monoisotopic (exact) mass is 511 g/mol. The van der Waals surface area contributed by atoms with Gasteiger partial charge in [0.25, 0.3) is 0 Å². The number of benzene rings is 2. The summed E-state index contributed by atoms with van der Waals surface area (Å²) in [6, 6.07) is 10.7. The summed E-state index contributed by atoms with van der Waals surface area (Å²) >= 11 is 0. The summed E-state index contributed by atoms with van der Waals surface area (Å²) in [5, 5.41) is 13.9. The van der Waals surface area contributed by atoms with Crippen LogP contribution in [0.5, 0.6) is 5.75 Å². The van der Waals surface area contributed by atoms with Crippen molar-refractivity contribution in [1.82, 2.24) is 10.2 Å². The van der Waals surface area contributed by atoms with Gasteiger partial charge < -0.3 is 15.3 Å². The van der Waals surface area contributed by atoms with Crippen molar-refractivity contribution in [3.8, 4) is 5.75 Å². The first-order valence-electron chi connectivity index (χ1n) is 14.5. The molecule has 5 nitrogen and oxygen atoms in total. The fourth-order valence-electron chi connectivity index (χ4n) is 6.95. The molecule has 4 aliphatic rings. The number of nitrogens with one attached hydrogen (secondary N) is 1. The van der Waals surface area contributed by atoms with Crippen molar-refractivity contribution in [1.29, 1.82) is 0 Å². The van der Waals surface area contributed by atoms with Crippen LogP contribution in [-0.2, 0) is 13.0 Å². The minimum absolute atomic E-state index is 0.130. The van der Waals surface area contributed by atoms with Crippen LogP contribution >= 0.6 is 0 Å². The molecule has 1 unspecified atom stereocenters. The number of aromatic hydroxyl groups is 1. The fraction of sp³-hybridized carbons (Fsp3) is 0.485. The summed E-state index contributed by atoms with van der Waals surface area (Å²) in [6.07, 6.45) is 13.4. The number of carbonyl (C=O) groups excluding carboxylic acids is 1. The number of carbonyl (C=O) groups is 1. The van der Waals surface area contributed by atoms with Crippen LogP contribution in [0.15, 0.2) is 48.1 Å². The van der Waals surface area contributed by atoms with E-state index in [2.05, 4.69) is 48.3 Å². The maximum Gasteiger partial charge on any atom is 0.326 e. The summed E-state index contributed by atoms with van der Waals surface area (Å²) < 4.78 is 0. The molecule has 2 aliphatic carbocycles. The molecule has 1 saturated heterocycles. The van der Waals surface area contributed by atoms with Crippen LogP contribution in [-0.4, -0.2) is 35.2 Å². The quantitative estimate of drug-likeness (QED) is 0.445. The molecule has 200 valence electrons. The van der Waals surface area contributed by atoms with Gasteiger partial charge in [-0.3, -0.25) is 4.90 Å². The van der Waals surface area contributed by atoms with E-state index >= 15 is 0 Å². The molecule has 0 spiro atoms. The number of aryl methyl sites for hydroxylation is 1. The molecular weight excluding hydrogens is 470 g/mol. The second-order valence-electron chi connectivity index (χ2n) is 12.0. The number of allylic oxidation sites excluding steroid dienone is 4. The zero-order valence-corrected chi connectivity index (χ0v) is 23.1. The maximum absolute atomic E-state index is 13.4. The number of piperidine rings is 1. The molecule has 2 aliphatic heterocycles. The molecule has 0 radical (unpaired) electrons. The zero-order valence-electron chi connectivity index (χ0n) is 23.1. The van der Waals surface area contributed by atoms with E-state index in [9.17, 15) is 9.90 Å². The fourth-order valence-corrected chi connectivity index (χ4v) is 6.95. The lowest BCUT2D eigenvalue weighted by Crippen LogP contribution is -2.45. The third-order valence-electron chi connectivity index (χ3n) is 9.29. The molecule has 38 heavy (non-hydrogen) atoms. The van der Waals surface area contributed by atoms with E-state index in [4.69, 9.17) is 0 Å². The van der Waals surface area contributed by atoms with Gasteiger partial charge in [-0.25, -0.2) is 4.79 Å². The number of hydrogen-bond acceptors (Lipinski definition) is 3. The minimum atomic E-state index is -0.183. The average Bonchev–Trinajstić information content (AvgIpc) is 2.85. The Balaban J connectivity index is 1.40. The number of phenolic OH excluding ortho intramolecular Hbond substituents is 1. The van der Waals surface area contributed by atoms with Crippen LogP contribution in [0.3, 0.4) is 0 Å². The SMILES string of the molecule is CC1=CC(C)CC=C1c1cc(CC2CCN(C3CCC3)CC2)cc2c1CNC(=O)N2c1c(C)cccc1O. The van der Waals surface area contributed by atoms with Gasteiger partial charge in [-0.1, -0.05) is 43.7 Å². The van der Waals surface area contributed by atoms with Crippen molar-refractivity contribution in [2.24, 2.45) is 11.8 Å². The number of amides is 2. The molecule has 6 rings (SSSR count). The Morgan fingerprint density at radius 2 is 1.87 bits per heavy atom. The summed E-state index contributed by atoms with van der Waals surface area (Å²) in [5.74, 6) is 1.33. The molecule has 5 heteroatoms. The molecule has 2 aromatic rings. The van der Waals surface area contributed by atoms with E-state index in [1.54, 1.807) is 11.0 Å². The number of nitrogens with zero attached hydrogens (tertiary/aromatic N) is 2. The minimum Gasteiger partial charge on any atom is -0.506 e. The van der Waals surface area contributed by atoms with E-state index in [-0.39, 0.29) is 11.8 Å². The average molecular weight is 512 g/mol. The van der Waals surface area contributed by atoms with Crippen LogP contribution in [0.2, 0.25) is 0 Å². The first-order chi connectivity index (χ1) is 18.4. The van der Waals surface area contributed by atoms with Gasteiger partial charge in [0.05, 0.1) is 11.4 Å². The maximum atomic E-state index is 13.4. The molecule has 2 aromatic carbocycles. The van der Waals surface area contributed by atoms with E-state index < -0.39 is 0 Å². The summed E-state index contributed by atoms with van der Waals surface area (Å²) in [5.41, 5.74) is 8.59. The number of rotatable bonds is 5. The molecular formula is C33H41N3O2. The van der Waals surface area contributed by atoms with Crippen molar-refractivity contribution in [2.75, 3.05) is 18.0 Å². The largest absolute Gasteiger partial charge is 0.506 e. The highest BCUT2D eigenvalue weighted by Crippen LogP contribution is 2.44. The highest BCUT2D eigenvalue weighted by molar-refractivity contribution is 6.05. The summed E-state index contributed by atoms with van der Waals surface area (Å²) in [4.78, 5) is 17.8. The van der Waals surface area contributed by atoms with Crippen LogP contribution < -0.4 is 10.2 Å². The number of hydrogen-bond donors (Lipinski definition) is 2. The zero-order chi connectivity index (χ0) is 26.4. The third-order valence-corrected chi connectivity index (χ3v) is 9.29. The van der Waals surface area contributed by atoms with Gasteiger partial charge in [0.15, 0.2) is 0 Å². The van der Waals surface area contributed by atoms with E-state index in [0.717, 1.165) is 35.7 Å². The topological polar surface area (TPSA) is 55.8 Å². The van der Waals surface area contributed by atoms with Gasteiger partial charge >= 0.3 is 6.03 Å². The van der Waals surface area contributed by atoms with E-state index in [0.29, 0.717) is 24.1 Å². The third kappa shape index (κ3) is 4.66. The van der Waals surface area contributed by atoms with Gasteiger partial charge in [-0.2, -0.15) is 0 Å². The Hall–Kier alpha value is -3.05. The molecule has 2 N–H and O–H groups in total. The molecule has 2 amide bonds. The van der Waals surface area contributed by atoms with Gasteiger partial charge in [-0.15, -0.1) is 0 Å². The highest BCUT2D eigenvalue weighted by atomic mass is 16.3. The molecule has 0 aromatic heterocycles. The first kappa shape index (κ1) is 25.2. The lowest BCUT2D eigenvalue weighted by Gasteiger charge is -2.42. The smallest absolute Gasteiger partial charge is 0.326 e. The second-order valence-corrected chi connectivity index (χ2v) is 12.0. The van der Waals surface area contributed by atoms with Crippen molar-refractivity contribution in [3.63, 3.8) is 0 Å². The Morgan fingerprint density at radius 1 is 1.08 bits per heavy atom. The summed E-state index contributed by atoms with van der Waals surface area (Å²) in [7, 11) is 0. The second kappa shape index (κ2) is 10.3. The van der Waals surface area contributed by atoms with E-state index in [1.807, 2.05) is 19.1 Å². The van der Waals surface area contributed by atoms with Crippen molar-refractivity contribution in [2.45, 2.75) is 78.3 Å². The van der Waals surface area contributed by atoms with Crippen molar-refractivity contribution >= 4 is 23.0 Å². The normalized spacial score (nSPS) is 22.9. The van der Waals surface area contributed by atoms with Crippen LogP contribution in [0.1, 0.15) is 74.6 Å². The molecule has 0 bridgehead atoms. The van der Waals surface area contributed by atoms with Gasteiger partial charge in [0.1, 0.15) is 5.75 Å². The Bertz CT molecular complexity index is 1280. The Morgan fingerprint density at radius 3 is 2.55 bits per heavy atom.